The maximum absolute atomic E-state index is 14.4. The summed E-state index contributed by atoms with van der Waals surface area (Å²) in [7, 11) is 6.93. The van der Waals surface area contributed by atoms with E-state index in [0.717, 1.165) is 49.3 Å². The Kier molecular flexibility index (Phi) is 6.73. The van der Waals surface area contributed by atoms with E-state index in [1.165, 1.54) is 12.1 Å². The zero-order valence-corrected chi connectivity index (χ0v) is 24.5. The highest BCUT2D eigenvalue weighted by molar-refractivity contribution is 6.36. The number of likely N-dealkylation sites (N-methyl/N-ethyl adjacent to an activating group) is 2. The van der Waals surface area contributed by atoms with Gasteiger partial charge in [0.15, 0.2) is 0 Å². The first kappa shape index (κ1) is 28.4. The van der Waals surface area contributed by atoms with Gasteiger partial charge < -0.3 is 20.8 Å². The highest BCUT2D eigenvalue weighted by atomic mass is 16.5. The summed E-state index contributed by atoms with van der Waals surface area (Å²) in [6.07, 6.45) is 4.93. The summed E-state index contributed by atoms with van der Waals surface area (Å²) in [5.74, 6) is -1.86. The number of hydrogen-bond donors (Lipinski definition) is 6. The van der Waals surface area contributed by atoms with Crippen molar-refractivity contribution in [2.75, 3.05) is 38.8 Å². The molecule has 6 N–H and O–H groups in total. The molecule has 3 aromatic carbocycles. The van der Waals surface area contributed by atoms with Crippen LogP contribution in [0, 0.1) is 0 Å². The Labute approximate surface area is 244 Å². The first-order valence-corrected chi connectivity index (χ1v) is 14.7. The lowest BCUT2D eigenvalue weighted by Gasteiger charge is -2.35. The van der Waals surface area contributed by atoms with Crippen LogP contribution in [0.5, 0.6) is 11.5 Å². The first-order chi connectivity index (χ1) is 19.8. The van der Waals surface area contributed by atoms with Crippen LogP contribution < -0.4 is 10.6 Å². The van der Waals surface area contributed by atoms with Crippen molar-refractivity contribution in [3.8, 4) is 11.5 Å². The van der Waals surface area contributed by atoms with Gasteiger partial charge in [-0.1, -0.05) is 24.3 Å². The number of hydroxylamine groups is 6. The molecule has 3 aliphatic rings. The fourth-order valence-corrected chi connectivity index (χ4v) is 7.58. The Bertz CT molecular complexity index is 1490. The molecule has 0 heterocycles. The van der Waals surface area contributed by atoms with Crippen LogP contribution in [0.25, 0.3) is 10.8 Å². The summed E-state index contributed by atoms with van der Waals surface area (Å²) in [5, 5.41) is 51.9. The number of benzene rings is 3. The van der Waals surface area contributed by atoms with Crippen LogP contribution in [0.2, 0.25) is 0 Å². The quantitative estimate of drug-likeness (QED) is 0.0846. The Morgan fingerprint density at radius 3 is 1.36 bits per heavy atom. The summed E-state index contributed by atoms with van der Waals surface area (Å²) in [5.41, 5.74) is 0.787. The van der Waals surface area contributed by atoms with Gasteiger partial charge in [-0.25, -0.2) is 10.4 Å². The summed E-state index contributed by atoms with van der Waals surface area (Å²) >= 11 is 0. The fraction of sp³-hybridized carbons (Fsp3) is 0.438. The Morgan fingerprint density at radius 1 is 0.619 bits per heavy atom. The summed E-state index contributed by atoms with van der Waals surface area (Å²) in [4.78, 5) is 28.7. The van der Waals surface area contributed by atoms with Crippen LogP contribution in [-0.4, -0.2) is 93.8 Å². The van der Waals surface area contributed by atoms with Crippen LogP contribution in [0.4, 0.5) is 11.4 Å². The number of phenols is 2. The third kappa shape index (κ3) is 4.50. The monoisotopic (exact) mass is 576 g/mol. The van der Waals surface area contributed by atoms with E-state index in [4.69, 9.17) is 0 Å². The van der Waals surface area contributed by atoms with Crippen molar-refractivity contribution in [3.05, 3.63) is 58.7 Å². The Morgan fingerprint density at radius 2 is 1.00 bits per heavy atom. The van der Waals surface area contributed by atoms with Crippen molar-refractivity contribution in [2.45, 2.75) is 62.7 Å². The van der Waals surface area contributed by atoms with Crippen molar-refractivity contribution in [3.63, 3.8) is 0 Å². The molecule has 0 aliphatic heterocycles. The number of aromatic hydroxyl groups is 2. The third-order valence-electron chi connectivity index (χ3n) is 9.53. The Balaban J connectivity index is 1.62. The smallest absolute Gasteiger partial charge is 0.200 e. The molecule has 4 atom stereocenters. The molecule has 0 bridgehead atoms. The van der Waals surface area contributed by atoms with Crippen molar-refractivity contribution in [1.82, 2.24) is 0 Å². The summed E-state index contributed by atoms with van der Waals surface area (Å²) in [6.45, 7) is 0. The van der Waals surface area contributed by atoms with Gasteiger partial charge >= 0.3 is 0 Å². The minimum absolute atomic E-state index is 0.135. The molecular weight excluding hydrogens is 536 g/mol. The molecule has 0 amide bonds. The number of anilines is 2. The molecule has 2 saturated carbocycles. The molecule has 3 aromatic rings. The van der Waals surface area contributed by atoms with Gasteiger partial charge in [0.1, 0.15) is 23.6 Å². The predicted molar refractivity (Wildman–Crippen MR) is 158 cm³/mol. The van der Waals surface area contributed by atoms with E-state index in [0.29, 0.717) is 11.4 Å². The van der Waals surface area contributed by atoms with Gasteiger partial charge in [-0.15, -0.1) is 0 Å². The molecule has 222 valence electrons. The van der Waals surface area contributed by atoms with E-state index in [2.05, 4.69) is 10.6 Å². The minimum Gasteiger partial charge on any atom is -0.507 e. The first-order valence-electron chi connectivity index (χ1n) is 14.7. The topological polar surface area (TPSA) is 139 Å². The number of nitrogens with one attached hydrogen (secondary N) is 2. The Hall–Kier alpha value is -3.70. The van der Waals surface area contributed by atoms with Crippen molar-refractivity contribution in [1.29, 1.82) is 0 Å². The van der Waals surface area contributed by atoms with E-state index >= 15 is 0 Å². The minimum atomic E-state index is -0.558. The van der Waals surface area contributed by atoms with Gasteiger partial charge in [-0.2, -0.15) is 9.29 Å². The zero-order chi connectivity index (χ0) is 30.1. The van der Waals surface area contributed by atoms with Gasteiger partial charge in [0, 0.05) is 23.6 Å². The number of carbonyl (C=O) groups is 2. The van der Waals surface area contributed by atoms with Gasteiger partial charge in [0.05, 0.1) is 73.9 Å². The van der Waals surface area contributed by atoms with E-state index in [1.54, 1.807) is 28.2 Å². The lowest BCUT2D eigenvalue weighted by atomic mass is 9.79. The van der Waals surface area contributed by atoms with Crippen LogP contribution >= 0.6 is 0 Å². The SMILES string of the molecule is C[N+](C)(O)C1CCCC1Nc1c2c(c(NC3CCCC3[N+](C)(C)O)c3ccccc13)C(=O)c1c(O)ccc(O)c1C2=O. The molecule has 10 nitrogen and oxygen atoms in total. The molecule has 2 fully saturated rings. The standard InChI is InChI=1S/C32H38N4O6/c1-35(2,41)21-13-7-11-19(21)33-29-17-9-5-6-10-18(17)30(34-20-12-8-14-22(20)36(3,4)42)28-27(29)31(39)25-23(37)15-16-24(38)26(25)32(28)40/h5-6,9-10,15-16,19-22,41-42H,7-8,11-14H2,1-4H3,(H2-2,33,34,37,38,39,40)/p+2. The zero-order valence-electron chi connectivity index (χ0n) is 24.5. The lowest BCUT2D eigenvalue weighted by Crippen LogP contribution is -2.52. The number of rotatable bonds is 6. The summed E-state index contributed by atoms with van der Waals surface area (Å²) in [6, 6.07) is 9.37. The number of fused-ring (bicyclic) bond motifs is 3. The molecular formula is C32H40N4O6+2. The molecule has 42 heavy (non-hydrogen) atoms. The van der Waals surface area contributed by atoms with Gasteiger partial charge in [0.25, 0.3) is 0 Å². The van der Waals surface area contributed by atoms with E-state index in [9.17, 15) is 30.2 Å². The predicted octanol–water partition coefficient (Wildman–Crippen LogP) is 4.62. The van der Waals surface area contributed by atoms with Crippen LogP contribution in [-0.2, 0) is 0 Å². The normalized spacial score (nSPS) is 24.1. The number of ketones is 2. The molecule has 4 unspecified atom stereocenters. The molecule has 0 radical (unpaired) electrons. The molecule has 3 aliphatic carbocycles. The number of quaternary nitrogens is 2. The van der Waals surface area contributed by atoms with Crippen molar-refractivity contribution < 1.29 is 39.5 Å². The highest BCUT2D eigenvalue weighted by Gasteiger charge is 2.45. The average Bonchev–Trinajstić information content (AvgIpc) is 3.59. The van der Waals surface area contributed by atoms with Crippen LogP contribution in [0.3, 0.4) is 0 Å². The molecule has 0 saturated heterocycles. The van der Waals surface area contributed by atoms with Gasteiger partial charge in [-0.05, 0) is 37.8 Å². The van der Waals surface area contributed by atoms with E-state index < -0.39 is 11.6 Å². The number of nitrogens with zero attached hydrogens (tertiary/aromatic N) is 2. The largest absolute Gasteiger partial charge is 0.507 e. The van der Waals surface area contributed by atoms with Crippen molar-refractivity contribution >= 4 is 33.7 Å². The van der Waals surface area contributed by atoms with Crippen molar-refractivity contribution in [2.24, 2.45) is 0 Å². The second kappa shape index (κ2) is 9.95. The van der Waals surface area contributed by atoms with E-state index in [-0.39, 0.29) is 67.2 Å². The second-order valence-electron chi connectivity index (χ2n) is 13.0. The summed E-state index contributed by atoms with van der Waals surface area (Å²) < 4.78 is -0.472. The van der Waals surface area contributed by atoms with Gasteiger partial charge in [0.2, 0.25) is 11.6 Å². The maximum Gasteiger partial charge on any atom is 0.200 e. The maximum atomic E-state index is 14.4. The third-order valence-corrected chi connectivity index (χ3v) is 9.53. The number of phenolic OH excluding ortho intramolecular Hbond substituents is 2. The molecule has 0 aromatic heterocycles. The molecule has 6 rings (SSSR count). The molecule has 10 heteroatoms. The van der Waals surface area contributed by atoms with Gasteiger partial charge in [-0.3, -0.25) is 9.59 Å². The fourth-order valence-electron chi connectivity index (χ4n) is 7.58. The second-order valence-corrected chi connectivity index (χ2v) is 13.0. The van der Waals surface area contributed by atoms with Crippen LogP contribution in [0.15, 0.2) is 36.4 Å². The molecule has 0 spiro atoms. The van der Waals surface area contributed by atoms with E-state index in [1.807, 2.05) is 24.3 Å². The van der Waals surface area contributed by atoms with Crippen LogP contribution in [0.1, 0.15) is 70.4 Å². The lowest BCUT2D eigenvalue weighted by molar-refractivity contribution is -1.09. The number of hydrogen-bond acceptors (Lipinski definition) is 8. The number of carbonyl (C=O) groups excluding carboxylic acids is 2. The average molecular weight is 577 g/mol. The highest BCUT2D eigenvalue weighted by Crippen LogP contribution is 2.48.